The lowest BCUT2D eigenvalue weighted by Gasteiger charge is -2.43. The van der Waals surface area contributed by atoms with Crippen LogP contribution in [0.15, 0.2) is 55.4 Å². The van der Waals surface area contributed by atoms with E-state index in [1.807, 2.05) is 6.07 Å². The summed E-state index contributed by atoms with van der Waals surface area (Å²) in [6, 6.07) is 9.40. The van der Waals surface area contributed by atoms with Gasteiger partial charge in [0.15, 0.2) is 11.5 Å². The van der Waals surface area contributed by atoms with Crippen LogP contribution in [0.5, 0.6) is 11.5 Å². The third-order valence-corrected chi connectivity index (χ3v) is 7.06. The minimum Gasteiger partial charge on any atom is -0.456 e. The molecule has 1 atom stereocenters. The van der Waals surface area contributed by atoms with Crippen LogP contribution in [-0.2, 0) is 4.74 Å². The van der Waals surface area contributed by atoms with Crippen molar-refractivity contribution in [3.05, 3.63) is 60.4 Å². The third-order valence-electron chi connectivity index (χ3n) is 6.76. The topological polar surface area (TPSA) is 119 Å². The van der Waals surface area contributed by atoms with Crippen LogP contribution in [0.2, 0.25) is 5.02 Å². The molecule has 13 heteroatoms. The Balaban J connectivity index is 1.12. The molecular formula is C25H23ClN10O2. The number of fused-ring (bicyclic) bond motifs is 3. The Morgan fingerprint density at radius 3 is 2.95 bits per heavy atom. The van der Waals surface area contributed by atoms with E-state index in [4.69, 9.17) is 26.1 Å². The Hall–Kier alpha value is -4.13. The molecule has 2 aliphatic heterocycles. The van der Waals surface area contributed by atoms with Gasteiger partial charge in [-0.15, -0.1) is 0 Å². The molecule has 1 N–H and O–H groups in total. The number of hydrogen-bond donors (Lipinski definition) is 1. The summed E-state index contributed by atoms with van der Waals surface area (Å²) in [5.41, 5.74) is 2.71. The van der Waals surface area contributed by atoms with Crippen molar-refractivity contribution in [3.8, 4) is 11.5 Å². The number of nitrogens with zero attached hydrogens (tertiary/aromatic N) is 9. The fourth-order valence-electron chi connectivity index (χ4n) is 4.80. The maximum atomic E-state index is 6.57. The maximum absolute atomic E-state index is 6.57. The molecular weight excluding hydrogens is 508 g/mol. The van der Waals surface area contributed by atoms with Crippen molar-refractivity contribution in [2.75, 3.05) is 49.6 Å². The van der Waals surface area contributed by atoms with Gasteiger partial charge in [-0.25, -0.2) is 29.4 Å². The van der Waals surface area contributed by atoms with Gasteiger partial charge in [-0.3, -0.25) is 4.90 Å². The van der Waals surface area contributed by atoms with Gasteiger partial charge in [0.05, 0.1) is 30.5 Å². The highest BCUT2D eigenvalue weighted by molar-refractivity contribution is 6.32. The monoisotopic (exact) mass is 530 g/mol. The molecule has 2 saturated heterocycles. The molecule has 0 spiro atoms. The molecule has 12 nitrogen and oxygen atoms in total. The van der Waals surface area contributed by atoms with E-state index < -0.39 is 0 Å². The first-order valence-electron chi connectivity index (χ1n) is 12.3. The van der Waals surface area contributed by atoms with Gasteiger partial charge >= 0.3 is 0 Å². The number of anilines is 3. The molecule has 4 aromatic heterocycles. The summed E-state index contributed by atoms with van der Waals surface area (Å²) in [6.45, 7) is 5.15. The van der Waals surface area contributed by atoms with Crippen molar-refractivity contribution in [3.63, 3.8) is 0 Å². The lowest BCUT2D eigenvalue weighted by atomic mass is 10.1. The van der Waals surface area contributed by atoms with Gasteiger partial charge in [-0.05, 0) is 24.3 Å². The highest BCUT2D eigenvalue weighted by Crippen LogP contribution is 2.33. The van der Waals surface area contributed by atoms with E-state index in [0.717, 1.165) is 45.1 Å². The van der Waals surface area contributed by atoms with Gasteiger partial charge in [-0.2, -0.15) is 5.10 Å². The number of piperazine rings is 1. The molecule has 5 aromatic rings. The molecule has 2 aliphatic rings. The quantitative estimate of drug-likeness (QED) is 0.361. The van der Waals surface area contributed by atoms with Crippen LogP contribution in [0.3, 0.4) is 0 Å². The largest absolute Gasteiger partial charge is 0.456 e. The summed E-state index contributed by atoms with van der Waals surface area (Å²) in [5.74, 6) is 2.36. The predicted octanol–water partition coefficient (Wildman–Crippen LogP) is 3.17. The molecule has 0 amide bonds. The molecule has 0 saturated carbocycles. The van der Waals surface area contributed by atoms with Gasteiger partial charge in [-0.1, -0.05) is 11.6 Å². The van der Waals surface area contributed by atoms with Crippen molar-refractivity contribution in [1.82, 2.24) is 39.4 Å². The van der Waals surface area contributed by atoms with E-state index in [2.05, 4.69) is 40.2 Å². The second kappa shape index (κ2) is 9.63. The van der Waals surface area contributed by atoms with E-state index in [1.165, 1.54) is 12.7 Å². The van der Waals surface area contributed by atoms with Crippen LogP contribution in [0.25, 0.3) is 16.7 Å². The lowest BCUT2D eigenvalue weighted by Crippen LogP contribution is -2.58. The van der Waals surface area contributed by atoms with Gasteiger partial charge in [0.25, 0.3) is 0 Å². The summed E-state index contributed by atoms with van der Waals surface area (Å²) < 4.78 is 13.3. The predicted molar refractivity (Wildman–Crippen MR) is 141 cm³/mol. The minimum absolute atomic E-state index is 0.350. The van der Waals surface area contributed by atoms with E-state index >= 15 is 0 Å². The number of ether oxygens (including phenoxy) is 2. The van der Waals surface area contributed by atoms with Crippen LogP contribution in [0.4, 0.5) is 17.5 Å². The third kappa shape index (κ3) is 4.42. The van der Waals surface area contributed by atoms with Crippen molar-refractivity contribution in [1.29, 1.82) is 0 Å². The number of halogens is 1. The molecule has 0 aliphatic carbocycles. The molecule has 1 aromatic carbocycles. The standard InChI is InChI=1S/C25H23ClN10O2/c26-19-9-16(1-2-21(19)38-18-3-4-36-22(10-18)29-15-31-36)32-24-23-20(28-14-30-24)11-27-25(33-23)35-6-5-34-7-8-37-13-17(34)12-35/h1-4,9-11,14-15,17H,5-8,12-13H2,(H,28,30,32)/t17-/m0/s1. The normalized spacial score (nSPS) is 18.0. The highest BCUT2D eigenvalue weighted by atomic mass is 35.5. The Bertz CT molecular complexity index is 1630. The van der Waals surface area contributed by atoms with Gasteiger partial charge in [0.2, 0.25) is 5.95 Å². The van der Waals surface area contributed by atoms with Crippen LogP contribution in [-0.4, -0.2) is 84.9 Å². The SMILES string of the molecule is Clc1cc(Nc2ncnc3cnc(N4CCN5CCOC[C@@H]5C4)nc23)ccc1Oc1ccn2ncnc2c1. The van der Waals surface area contributed by atoms with Gasteiger partial charge in [0.1, 0.15) is 35.2 Å². The van der Waals surface area contributed by atoms with E-state index in [9.17, 15) is 0 Å². The van der Waals surface area contributed by atoms with E-state index in [0.29, 0.717) is 51.0 Å². The zero-order valence-corrected chi connectivity index (χ0v) is 21.0. The molecule has 38 heavy (non-hydrogen) atoms. The summed E-state index contributed by atoms with van der Waals surface area (Å²) in [7, 11) is 0. The Morgan fingerprint density at radius 1 is 1.03 bits per heavy atom. The number of aromatic nitrogens is 7. The van der Waals surface area contributed by atoms with E-state index in [1.54, 1.807) is 41.2 Å². The van der Waals surface area contributed by atoms with Crippen molar-refractivity contribution >= 4 is 45.7 Å². The van der Waals surface area contributed by atoms with E-state index in [-0.39, 0.29) is 0 Å². The van der Waals surface area contributed by atoms with Gasteiger partial charge < -0.3 is 19.7 Å². The highest BCUT2D eigenvalue weighted by Gasteiger charge is 2.30. The zero-order chi connectivity index (χ0) is 25.5. The number of pyridine rings is 1. The second-order valence-electron chi connectivity index (χ2n) is 9.13. The van der Waals surface area contributed by atoms with Crippen molar-refractivity contribution < 1.29 is 9.47 Å². The first-order valence-corrected chi connectivity index (χ1v) is 12.7. The summed E-state index contributed by atoms with van der Waals surface area (Å²) >= 11 is 6.57. The number of nitrogens with one attached hydrogen (secondary N) is 1. The lowest BCUT2D eigenvalue weighted by molar-refractivity contribution is -0.0118. The smallest absolute Gasteiger partial charge is 0.226 e. The fourth-order valence-corrected chi connectivity index (χ4v) is 5.02. The van der Waals surface area contributed by atoms with Gasteiger partial charge in [0, 0.05) is 44.1 Å². The molecule has 0 unspecified atom stereocenters. The average Bonchev–Trinajstić information content (AvgIpc) is 3.42. The molecule has 2 fully saturated rings. The molecule has 192 valence electrons. The zero-order valence-electron chi connectivity index (χ0n) is 20.2. The van der Waals surface area contributed by atoms with Crippen LogP contribution < -0.4 is 15.0 Å². The average molecular weight is 531 g/mol. The fraction of sp³-hybridized carbons (Fsp3) is 0.280. The van der Waals surface area contributed by atoms with Crippen LogP contribution >= 0.6 is 11.6 Å². The number of benzene rings is 1. The van der Waals surface area contributed by atoms with Crippen LogP contribution in [0, 0.1) is 0 Å². The Labute approximate surface area is 222 Å². The molecule has 0 bridgehead atoms. The number of hydrogen-bond acceptors (Lipinski definition) is 11. The summed E-state index contributed by atoms with van der Waals surface area (Å²) in [6.07, 6.45) is 6.50. The molecule has 0 radical (unpaired) electrons. The second-order valence-corrected chi connectivity index (χ2v) is 9.54. The molecule has 7 rings (SSSR count). The Kier molecular flexibility index (Phi) is 5.84. The summed E-state index contributed by atoms with van der Waals surface area (Å²) in [4.78, 5) is 27.1. The maximum Gasteiger partial charge on any atom is 0.226 e. The van der Waals surface area contributed by atoms with Crippen molar-refractivity contribution in [2.24, 2.45) is 0 Å². The first-order chi connectivity index (χ1) is 18.7. The van der Waals surface area contributed by atoms with Crippen molar-refractivity contribution in [2.45, 2.75) is 6.04 Å². The van der Waals surface area contributed by atoms with Crippen LogP contribution in [0.1, 0.15) is 0 Å². The Morgan fingerprint density at radius 2 is 2.00 bits per heavy atom. The number of rotatable bonds is 5. The number of morpholine rings is 1. The summed E-state index contributed by atoms with van der Waals surface area (Å²) in [5, 5.41) is 7.86. The first kappa shape index (κ1) is 23.0. The molecule has 6 heterocycles. The minimum atomic E-state index is 0.350.